The van der Waals surface area contributed by atoms with Crippen LogP contribution in [0.2, 0.25) is 0 Å². The highest BCUT2D eigenvalue weighted by Gasteiger charge is 2.57. The van der Waals surface area contributed by atoms with E-state index >= 15 is 0 Å². The summed E-state index contributed by atoms with van der Waals surface area (Å²) in [7, 11) is 1.55. The summed E-state index contributed by atoms with van der Waals surface area (Å²) in [5.41, 5.74) is 1.04. The Labute approximate surface area is 140 Å². The average Bonchev–Trinajstić information content (AvgIpc) is 3.16. The second-order valence-corrected chi connectivity index (χ2v) is 6.57. The number of carbonyl (C=O) groups excluding carboxylic acids is 1. The number of methoxy groups -OCH3 is 1. The largest absolute Gasteiger partial charge is 0.479 e. The van der Waals surface area contributed by atoms with Crippen molar-refractivity contribution in [2.45, 2.75) is 37.6 Å². The summed E-state index contributed by atoms with van der Waals surface area (Å²) in [6, 6.07) is 5.80. The molecule has 0 unspecified atom stereocenters. The fourth-order valence-electron chi connectivity index (χ4n) is 4.22. The molecule has 1 aliphatic carbocycles. The summed E-state index contributed by atoms with van der Waals surface area (Å²) in [5, 5.41) is 3.78. The standard InChI is InChI=1S/C18H21N3O3/c1-23-16-11-15(24-20-16)4-5-17(22)21-10-7-13-6-8-18(13,21)14-3-2-9-19-12-14/h2-3,9,11-13H,4-8,10H2,1H3/t13-,18-/m0/s1. The highest BCUT2D eigenvalue weighted by Crippen LogP contribution is 2.56. The smallest absolute Gasteiger partial charge is 0.254 e. The van der Waals surface area contributed by atoms with Gasteiger partial charge < -0.3 is 14.2 Å². The lowest BCUT2D eigenvalue weighted by Crippen LogP contribution is -2.53. The van der Waals surface area contributed by atoms with Crippen LogP contribution in [0.3, 0.4) is 0 Å². The molecule has 2 aliphatic rings. The van der Waals surface area contributed by atoms with Crippen LogP contribution in [0.4, 0.5) is 0 Å². The van der Waals surface area contributed by atoms with E-state index in [9.17, 15) is 4.79 Å². The van der Waals surface area contributed by atoms with Crippen molar-refractivity contribution >= 4 is 5.91 Å². The van der Waals surface area contributed by atoms with E-state index in [-0.39, 0.29) is 11.4 Å². The summed E-state index contributed by atoms with van der Waals surface area (Å²) in [6.45, 7) is 0.831. The Hall–Kier alpha value is -2.37. The molecule has 0 N–H and O–H groups in total. The molecule has 2 aromatic rings. The SMILES string of the molecule is COc1cc(CCC(=O)N2CC[C@@H]3CC[C@@]32c2cccnc2)on1. The van der Waals surface area contributed by atoms with E-state index in [0.29, 0.717) is 30.4 Å². The van der Waals surface area contributed by atoms with E-state index in [4.69, 9.17) is 9.26 Å². The van der Waals surface area contributed by atoms with Gasteiger partial charge in [0.25, 0.3) is 5.88 Å². The summed E-state index contributed by atoms with van der Waals surface area (Å²) < 4.78 is 10.2. The number of pyridine rings is 1. The topological polar surface area (TPSA) is 68.5 Å². The van der Waals surface area contributed by atoms with E-state index in [1.165, 1.54) is 12.0 Å². The number of aryl methyl sites for hydroxylation is 1. The molecule has 2 atom stereocenters. The molecule has 0 radical (unpaired) electrons. The monoisotopic (exact) mass is 327 g/mol. The number of nitrogens with zero attached hydrogens (tertiary/aromatic N) is 3. The lowest BCUT2D eigenvalue weighted by atomic mass is 9.64. The summed E-state index contributed by atoms with van der Waals surface area (Å²) in [6.07, 6.45) is 7.97. The van der Waals surface area contributed by atoms with E-state index in [1.807, 2.05) is 12.3 Å². The Bertz CT molecular complexity index is 730. The van der Waals surface area contributed by atoms with E-state index < -0.39 is 0 Å². The normalized spacial score (nSPS) is 25.2. The van der Waals surface area contributed by atoms with Gasteiger partial charge in [-0.05, 0) is 42.0 Å². The first-order chi connectivity index (χ1) is 11.7. The number of likely N-dealkylation sites (tertiary alicyclic amines) is 1. The Morgan fingerprint density at radius 1 is 1.50 bits per heavy atom. The molecule has 1 saturated carbocycles. The average molecular weight is 327 g/mol. The van der Waals surface area contributed by atoms with Gasteiger partial charge in [-0.3, -0.25) is 9.78 Å². The van der Waals surface area contributed by atoms with Gasteiger partial charge in [-0.15, -0.1) is 0 Å². The highest BCUT2D eigenvalue weighted by molar-refractivity contribution is 5.78. The number of carbonyl (C=O) groups is 1. The second kappa shape index (κ2) is 5.92. The lowest BCUT2D eigenvalue weighted by Gasteiger charge is -2.50. The molecular formula is C18H21N3O3. The Morgan fingerprint density at radius 2 is 2.42 bits per heavy atom. The molecule has 2 aromatic heterocycles. The fourth-order valence-corrected chi connectivity index (χ4v) is 4.22. The molecule has 0 bridgehead atoms. The fraction of sp³-hybridized carbons (Fsp3) is 0.500. The molecule has 1 amide bonds. The Kier molecular flexibility index (Phi) is 3.75. The van der Waals surface area contributed by atoms with Crippen LogP contribution in [0.15, 0.2) is 35.1 Å². The number of hydrogen-bond donors (Lipinski definition) is 0. The zero-order valence-electron chi connectivity index (χ0n) is 13.8. The van der Waals surface area contributed by atoms with Crippen molar-refractivity contribution in [3.8, 4) is 5.88 Å². The predicted molar refractivity (Wildman–Crippen MR) is 86.3 cm³/mol. The molecule has 6 nitrogen and oxygen atoms in total. The maximum absolute atomic E-state index is 12.9. The molecule has 4 rings (SSSR count). The minimum Gasteiger partial charge on any atom is -0.479 e. The maximum Gasteiger partial charge on any atom is 0.254 e. The van der Waals surface area contributed by atoms with Crippen LogP contribution in [0.5, 0.6) is 5.88 Å². The van der Waals surface area contributed by atoms with Crippen LogP contribution in [0.1, 0.15) is 37.0 Å². The minimum absolute atomic E-state index is 0.134. The van der Waals surface area contributed by atoms with Crippen molar-refractivity contribution in [2.24, 2.45) is 5.92 Å². The van der Waals surface area contributed by atoms with Crippen LogP contribution >= 0.6 is 0 Å². The first-order valence-electron chi connectivity index (χ1n) is 8.44. The van der Waals surface area contributed by atoms with Gasteiger partial charge >= 0.3 is 0 Å². The molecule has 1 aliphatic heterocycles. The highest BCUT2D eigenvalue weighted by atomic mass is 16.5. The molecule has 0 spiro atoms. The van der Waals surface area contributed by atoms with E-state index in [2.05, 4.69) is 21.1 Å². The number of amides is 1. The van der Waals surface area contributed by atoms with Crippen LogP contribution < -0.4 is 4.74 Å². The number of ether oxygens (including phenoxy) is 1. The molecule has 1 saturated heterocycles. The first-order valence-corrected chi connectivity index (χ1v) is 8.44. The number of rotatable bonds is 5. The van der Waals surface area contributed by atoms with E-state index in [0.717, 1.165) is 19.4 Å². The van der Waals surface area contributed by atoms with E-state index in [1.54, 1.807) is 19.4 Å². The zero-order valence-corrected chi connectivity index (χ0v) is 13.8. The predicted octanol–water partition coefficient (Wildman–Crippen LogP) is 2.55. The molecule has 0 aromatic carbocycles. The number of hydrogen-bond acceptors (Lipinski definition) is 5. The van der Waals surface area contributed by atoms with Crippen molar-refractivity contribution < 1.29 is 14.1 Å². The summed E-state index contributed by atoms with van der Waals surface area (Å²) >= 11 is 0. The van der Waals surface area contributed by atoms with Crippen molar-refractivity contribution in [3.63, 3.8) is 0 Å². The van der Waals surface area contributed by atoms with Gasteiger partial charge in [0.05, 0.1) is 12.6 Å². The summed E-state index contributed by atoms with van der Waals surface area (Å²) in [5.74, 6) is 1.87. The van der Waals surface area contributed by atoms with Gasteiger partial charge in [0.2, 0.25) is 5.91 Å². The van der Waals surface area contributed by atoms with Gasteiger partial charge in [0, 0.05) is 37.8 Å². The minimum atomic E-state index is -0.134. The zero-order chi connectivity index (χ0) is 16.6. The molecule has 3 heterocycles. The molecule has 6 heteroatoms. The third-order valence-corrected chi connectivity index (χ3v) is 5.53. The molecule has 126 valence electrons. The van der Waals surface area contributed by atoms with Gasteiger partial charge in [-0.1, -0.05) is 6.07 Å². The van der Waals surface area contributed by atoms with Crippen LogP contribution in [-0.4, -0.2) is 34.6 Å². The maximum atomic E-state index is 12.9. The van der Waals surface area contributed by atoms with Crippen LogP contribution in [-0.2, 0) is 16.8 Å². The van der Waals surface area contributed by atoms with Gasteiger partial charge in [0.1, 0.15) is 5.76 Å². The van der Waals surface area contributed by atoms with Crippen LogP contribution in [0.25, 0.3) is 0 Å². The number of fused-ring (bicyclic) bond motifs is 1. The second-order valence-electron chi connectivity index (χ2n) is 6.57. The molecular weight excluding hydrogens is 306 g/mol. The molecule has 24 heavy (non-hydrogen) atoms. The van der Waals surface area contributed by atoms with Gasteiger partial charge in [-0.25, -0.2) is 0 Å². The van der Waals surface area contributed by atoms with Crippen molar-refractivity contribution in [1.82, 2.24) is 15.0 Å². The first kappa shape index (κ1) is 15.2. The van der Waals surface area contributed by atoms with Gasteiger partial charge in [0.15, 0.2) is 0 Å². The Morgan fingerprint density at radius 3 is 3.08 bits per heavy atom. The Balaban J connectivity index is 1.49. The van der Waals surface area contributed by atoms with Crippen molar-refractivity contribution in [1.29, 1.82) is 0 Å². The summed E-state index contributed by atoms with van der Waals surface area (Å²) in [4.78, 5) is 19.2. The van der Waals surface area contributed by atoms with Crippen molar-refractivity contribution in [2.75, 3.05) is 13.7 Å². The molecule has 2 fully saturated rings. The van der Waals surface area contributed by atoms with Crippen LogP contribution in [0, 0.1) is 5.92 Å². The van der Waals surface area contributed by atoms with Crippen molar-refractivity contribution in [3.05, 3.63) is 41.9 Å². The van der Waals surface area contributed by atoms with Gasteiger partial charge in [-0.2, -0.15) is 0 Å². The third-order valence-electron chi connectivity index (χ3n) is 5.53. The quantitative estimate of drug-likeness (QED) is 0.844. The number of aromatic nitrogens is 2. The third kappa shape index (κ3) is 2.28. The lowest BCUT2D eigenvalue weighted by molar-refractivity contribution is -0.140.